The van der Waals surface area contributed by atoms with Crippen LogP contribution in [0.15, 0.2) is 47.4 Å². The van der Waals surface area contributed by atoms with Gasteiger partial charge in [0.25, 0.3) is 5.91 Å². The van der Waals surface area contributed by atoms with Gasteiger partial charge in [-0.05, 0) is 56.0 Å². The molecule has 154 valence electrons. The maximum absolute atomic E-state index is 12.6. The first-order chi connectivity index (χ1) is 14.0. The van der Waals surface area contributed by atoms with Gasteiger partial charge < -0.3 is 14.4 Å². The van der Waals surface area contributed by atoms with Crippen molar-refractivity contribution in [2.24, 2.45) is 0 Å². The van der Waals surface area contributed by atoms with Crippen molar-refractivity contribution < 1.29 is 19.1 Å². The number of aryl methyl sites for hydroxylation is 2. The number of nitrogens with zero attached hydrogens (tertiary/aromatic N) is 1. The van der Waals surface area contributed by atoms with Crippen LogP contribution in [-0.2, 0) is 20.9 Å². The van der Waals surface area contributed by atoms with Gasteiger partial charge >= 0.3 is 5.97 Å². The van der Waals surface area contributed by atoms with Gasteiger partial charge in [-0.25, -0.2) is 0 Å². The van der Waals surface area contributed by atoms with Crippen LogP contribution in [0.3, 0.4) is 0 Å². The molecular weight excluding hydrogens is 386 g/mol. The van der Waals surface area contributed by atoms with Gasteiger partial charge in [0.2, 0.25) is 0 Å². The summed E-state index contributed by atoms with van der Waals surface area (Å²) in [5, 5.41) is 0. The van der Waals surface area contributed by atoms with Gasteiger partial charge in [0.15, 0.2) is 6.61 Å². The highest BCUT2D eigenvalue weighted by Crippen LogP contribution is 2.29. The van der Waals surface area contributed by atoms with E-state index < -0.39 is 0 Å². The first-order valence-electron chi connectivity index (χ1n) is 9.74. The monoisotopic (exact) mass is 413 g/mol. The molecule has 0 heterocycles. The number of carbonyl (C=O) groups is 2. The number of thioether (sulfide) groups is 1. The molecule has 0 radical (unpaired) electrons. The Morgan fingerprint density at radius 1 is 1.10 bits per heavy atom. The Morgan fingerprint density at radius 2 is 1.83 bits per heavy atom. The summed E-state index contributed by atoms with van der Waals surface area (Å²) in [6, 6.07) is 14.0. The third-order valence-electron chi connectivity index (χ3n) is 4.85. The fourth-order valence-corrected chi connectivity index (χ4v) is 3.91. The van der Waals surface area contributed by atoms with Crippen LogP contribution < -0.4 is 4.74 Å². The molecule has 2 aromatic carbocycles. The number of methoxy groups -OCH3 is 1. The lowest BCUT2D eigenvalue weighted by molar-refractivity contribution is -0.150. The van der Waals surface area contributed by atoms with Crippen molar-refractivity contribution in [1.29, 1.82) is 0 Å². The third kappa shape index (κ3) is 6.26. The molecule has 1 fully saturated rings. The topological polar surface area (TPSA) is 55.8 Å². The highest BCUT2D eigenvalue weighted by atomic mass is 32.2. The van der Waals surface area contributed by atoms with E-state index >= 15 is 0 Å². The largest absolute Gasteiger partial charge is 0.497 e. The van der Waals surface area contributed by atoms with Crippen LogP contribution in [0.25, 0.3) is 0 Å². The average molecular weight is 414 g/mol. The SMILES string of the molecule is COc1ccc(CN(C(=O)COC(=O)CSc2ccc(C)cc2C)C2CC2)cc1. The Balaban J connectivity index is 1.48. The second-order valence-corrected chi connectivity index (χ2v) is 8.34. The van der Waals surface area contributed by atoms with E-state index in [0.717, 1.165) is 34.6 Å². The van der Waals surface area contributed by atoms with Crippen LogP contribution in [-0.4, -0.2) is 42.3 Å². The van der Waals surface area contributed by atoms with Crippen molar-refractivity contribution in [2.45, 2.75) is 44.2 Å². The number of amides is 1. The lowest BCUT2D eigenvalue weighted by Crippen LogP contribution is -2.36. The number of esters is 1. The fourth-order valence-electron chi connectivity index (χ4n) is 3.10. The molecule has 0 unspecified atom stereocenters. The predicted octanol–water partition coefficient (Wildman–Crippen LogP) is 4.14. The summed E-state index contributed by atoms with van der Waals surface area (Å²) < 4.78 is 10.4. The van der Waals surface area contributed by atoms with E-state index in [9.17, 15) is 9.59 Å². The minimum Gasteiger partial charge on any atom is -0.497 e. The highest BCUT2D eigenvalue weighted by Gasteiger charge is 2.32. The molecule has 29 heavy (non-hydrogen) atoms. The van der Waals surface area contributed by atoms with E-state index in [-0.39, 0.29) is 30.3 Å². The van der Waals surface area contributed by atoms with Gasteiger partial charge in [-0.2, -0.15) is 0 Å². The Bertz CT molecular complexity index is 862. The standard InChI is InChI=1S/C23H27NO4S/c1-16-4-11-21(17(2)12-16)29-15-23(26)28-14-22(25)24(19-7-8-19)13-18-5-9-20(27-3)10-6-18/h4-6,9-12,19H,7-8,13-15H2,1-3H3. The van der Waals surface area contributed by atoms with Crippen molar-refractivity contribution in [3.8, 4) is 5.75 Å². The molecule has 1 aliphatic carbocycles. The molecule has 1 aliphatic rings. The maximum Gasteiger partial charge on any atom is 0.316 e. The number of ether oxygens (including phenoxy) is 2. The third-order valence-corrected chi connectivity index (χ3v) is 6.00. The van der Waals surface area contributed by atoms with E-state index in [0.29, 0.717) is 6.54 Å². The van der Waals surface area contributed by atoms with Crippen LogP contribution in [0.4, 0.5) is 0 Å². The van der Waals surface area contributed by atoms with E-state index in [4.69, 9.17) is 9.47 Å². The Morgan fingerprint density at radius 3 is 2.45 bits per heavy atom. The van der Waals surface area contributed by atoms with Gasteiger partial charge in [-0.1, -0.05) is 29.8 Å². The number of benzene rings is 2. The van der Waals surface area contributed by atoms with Gasteiger partial charge in [-0.3, -0.25) is 9.59 Å². The summed E-state index contributed by atoms with van der Waals surface area (Å²) in [7, 11) is 1.63. The first-order valence-corrected chi connectivity index (χ1v) is 10.7. The van der Waals surface area contributed by atoms with Crippen molar-refractivity contribution in [1.82, 2.24) is 4.90 Å². The molecule has 1 saturated carbocycles. The van der Waals surface area contributed by atoms with Gasteiger partial charge in [0.1, 0.15) is 5.75 Å². The van der Waals surface area contributed by atoms with E-state index in [1.165, 1.54) is 17.3 Å². The minimum absolute atomic E-state index is 0.145. The van der Waals surface area contributed by atoms with E-state index in [1.807, 2.05) is 55.1 Å². The van der Waals surface area contributed by atoms with Crippen LogP contribution in [0.5, 0.6) is 5.75 Å². The molecule has 0 atom stereocenters. The summed E-state index contributed by atoms with van der Waals surface area (Å²) in [4.78, 5) is 27.6. The normalized spacial score (nSPS) is 13.1. The zero-order chi connectivity index (χ0) is 20.8. The molecule has 6 heteroatoms. The van der Waals surface area contributed by atoms with Crippen molar-refractivity contribution in [3.63, 3.8) is 0 Å². The smallest absolute Gasteiger partial charge is 0.316 e. The lowest BCUT2D eigenvalue weighted by atomic mass is 10.2. The van der Waals surface area contributed by atoms with Crippen molar-refractivity contribution >= 4 is 23.6 Å². The molecule has 0 N–H and O–H groups in total. The molecule has 3 rings (SSSR count). The van der Waals surface area contributed by atoms with E-state index in [1.54, 1.807) is 7.11 Å². The summed E-state index contributed by atoms with van der Waals surface area (Å²) in [6.07, 6.45) is 2.00. The Labute approximate surface area is 176 Å². The number of rotatable bonds is 9. The first kappa shape index (κ1) is 21.2. The summed E-state index contributed by atoms with van der Waals surface area (Å²) in [6.45, 7) is 4.37. The summed E-state index contributed by atoms with van der Waals surface area (Å²) in [5.74, 6) is 0.462. The lowest BCUT2D eigenvalue weighted by Gasteiger charge is -2.22. The molecule has 0 spiro atoms. The second-order valence-electron chi connectivity index (χ2n) is 7.32. The van der Waals surface area contributed by atoms with Gasteiger partial charge in [-0.15, -0.1) is 11.8 Å². The van der Waals surface area contributed by atoms with Crippen molar-refractivity contribution in [3.05, 3.63) is 59.2 Å². The molecule has 0 saturated heterocycles. The van der Waals surface area contributed by atoms with Gasteiger partial charge in [0.05, 0.1) is 12.9 Å². The second kappa shape index (κ2) is 9.83. The van der Waals surface area contributed by atoms with Gasteiger partial charge in [0, 0.05) is 17.5 Å². The fraction of sp³-hybridized carbons (Fsp3) is 0.391. The quantitative estimate of drug-likeness (QED) is 0.457. The molecule has 2 aromatic rings. The number of carbonyl (C=O) groups excluding carboxylic acids is 2. The van der Waals surface area contributed by atoms with Crippen LogP contribution in [0.2, 0.25) is 0 Å². The van der Waals surface area contributed by atoms with Crippen LogP contribution >= 0.6 is 11.8 Å². The van der Waals surface area contributed by atoms with E-state index in [2.05, 4.69) is 6.07 Å². The highest BCUT2D eigenvalue weighted by molar-refractivity contribution is 8.00. The van der Waals surface area contributed by atoms with Crippen LogP contribution in [0.1, 0.15) is 29.5 Å². The number of hydrogen-bond donors (Lipinski definition) is 0. The summed E-state index contributed by atoms with van der Waals surface area (Å²) in [5.41, 5.74) is 3.36. The zero-order valence-electron chi connectivity index (χ0n) is 17.1. The maximum atomic E-state index is 12.6. The predicted molar refractivity (Wildman–Crippen MR) is 114 cm³/mol. The van der Waals surface area contributed by atoms with Crippen LogP contribution in [0, 0.1) is 13.8 Å². The molecular formula is C23H27NO4S. The molecule has 5 nitrogen and oxygen atoms in total. The molecule has 1 amide bonds. The average Bonchev–Trinajstić information content (AvgIpc) is 3.55. The minimum atomic E-state index is -0.372. The Kier molecular flexibility index (Phi) is 7.20. The number of hydrogen-bond acceptors (Lipinski definition) is 5. The zero-order valence-corrected chi connectivity index (χ0v) is 18.0. The Hall–Kier alpha value is -2.47. The molecule has 0 aliphatic heterocycles. The van der Waals surface area contributed by atoms with Crippen molar-refractivity contribution in [2.75, 3.05) is 19.5 Å². The molecule has 0 bridgehead atoms. The summed E-state index contributed by atoms with van der Waals surface area (Å²) >= 11 is 1.44. The molecule has 0 aromatic heterocycles.